The Morgan fingerprint density at radius 1 is 1.25 bits per heavy atom. The molecule has 2 aromatic rings. The third kappa shape index (κ3) is 4.81. The topological polar surface area (TPSA) is 70.4 Å². The number of pyridine rings is 1. The zero-order valence-electron chi connectivity index (χ0n) is 15.0. The fraction of sp³-hybridized carbons (Fsp3) is 0.421. The predicted octanol–water partition coefficient (Wildman–Crippen LogP) is 2.10. The van der Waals surface area contributed by atoms with Gasteiger partial charge < -0.3 is 9.90 Å². The SMILES string of the molecule is Cc1nc(C#Cc2ccc(N3C4CCC3CC4)[nH+]c2)cs1.O=C([O-])C(F)(F)F. The Morgan fingerprint density at radius 3 is 2.29 bits per heavy atom. The molecule has 0 unspecified atom stereocenters. The number of hydrogen-bond donors (Lipinski definition) is 0. The van der Waals surface area contributed by atoms with Crippen LogP contribution >= 0.6 is 11.3 Å². The first kappa shape index (κ1) is 20.1. The van der Waals surface area contributed by atoms with Crippen molar-refractivity contribution in [2.75, 3.05) is 4.90 Å². The molecular formula is C19H18F3N3O2S. The fourth-order valence-corrected chi connectivity index (χ4v) is 4.06. The largest absolute Gasteiger partial charge is 0.542 e. The predicted molar refractivity (Wildman–Crippen MR) is 95.4 cm³/mol. The second-order valence-corrected chi connectivity index (χ2v) is 7.68. The molecule has 0 amide bonds. The summed E-state index contributed by atoms with van der Waals surface area (Å²) in [7, 11) is 0. The number of aromatic amines is 1. The fourth-order valence-electron chi connectivity index (χ4n) is 3.52. The van der Waals surface area contributed by atoms with Gasteiger partial charge in [-0.15, -0.1) is 11.3 Å². The number of carbonyl (C=O) groups is 1. The first-order chi connectivity index (χ1) is 13.2. The highest BCUT2D eigenvalue weighted by atomic mass is 32.1. The smallest absolute Gasteiger partial charge is 0.430 e. The maximum atomic E-state index is 10.5. The molecular weight excluding hydrogens is 391 g/mol. The van der Waals surface area contributed by atoms with E-state index < -0.39 is 12.1 Å². The van der Waals surface area contributed by atoms with Crippen LogP contribution in [0.5, 0.6) is 0 Å². The van der Waals surface area contributed by atoms with Crippen LogP contribution in [0.1, 0.15) is 41.9 Å². The molecule has 1 N–H and O–H groups in total. The number of aryl methyl sites for hydroxylation is 1. The summed E-state index contributed by atoms with van der Waals surface area (Å²) in [4.78, 5) is 19.1. The van der Waals surface area contributed by atoms with E-state index in [1.165, 1.54) is 31.5 Å². The zero-order valence-corrected chi connectivity index (χ0v) is 15.9. The standard InChI is InChI=1S/C17H17N3S.C2HF3O2/c1-12-19-14(11-21-12)4-2-13-3-9-17(18-10-13)20-15-5-6-16(20)8-7-15;3-2(4,5)1(6)7/h3,9-11,15-16H,5-8H2,1H3;(H,6,7). The van der Waals surface area contributed by atoms with Crippen molar-refractivity contribution in [3.05, 3.63) is 40.0 Å². The molecule has 2 aliphatic rings. The number of nitrogens with one attached hydrogen (secondary N) is 1. The summed E-state index contributed by atoms with van der Waals surface area (Å²) >= 11 is 1.64. The van der Waals surface area contributed by atoms with Gasteiger partial charge in [-0.1, -0.05) is 5.92 Å². The van der Waals surface area contributed by atoms with Crippen molar-refractivity contribution < 1.29 is 28.1 Å². The molecule has 5 nitrogen and oxygen atoms in total. The van der Waals surface area contributed by atoms with Gasteiger partial charge in [0, 0.05) is 11.4 Å². The number of aromatic nitrogens is 2. The summed E-state index contributed by atoms with van der Waals surface area (Å²) in [6, 6.07) is 5.78. The highest BCUT2D eigenvalue weighted by molar-refractivity contribution is 7.09. The Morgan fingerprint density at radius 2 is 1.86 bits per heavy atom. The van der Waals surface area contributed by atoms with E-state index in [2.05, 4.69) is 38.8 Å². The van der Waals surface area contributed by atoms with Gasteiger partial charge in [0.1, 0.15) is 17.9 Å². The van der Waals surface area contributed by atoms with Crippen LogP contribution in [0.2, 0.25) is 0 Å². The van der Waals surface area contributed by atoms with Crippen molar-refractivity contribution in [1.82, 2.24) is 4.98 Å². The Balaban J connectivity index is 0.000000279. The molecule has 0 aliphatic carbocycles. The van der Waals surface area contributed by atoms with E-state index in [0.717, 1.165) is 28.3 Å². The van der Waals surface area contributed by atoms with Gasteiger partial charge in [-0.3, -0.25) is 4.90 Å². The average molecular weight is 409 g/mol. The average Bonchev–Trinajstić information content (AvgIpc) is 3.36. The molecule has 0 aromatic carbocycles. The number of H-pyrrole nitrogens is 1. The number of aliphatic carboxylic acids is 1. The van der Waals surface area contributed by atoms with Gasteiger partial charge in [0.15, 0.2) is 0 Å². The number of carboxylic acid groups (broad SMARTS) is 1. The maximum Gasteiger partial charge on any atom is 0.430 e. The quantitative estimate of drug-likeness (QED) is 0.677. The van der Waals surface area contributed by atoms with Crippen molar-refractivity contribution in [3.8, 4) is 11.8 Å². The minimum atomic E-state index is -5.19. The molecule has 2 bridgehead atoms. The van der Waals surface area contributed by atoms with Crippen molar-refractivity contribution in [1.29, 1.82) is 0 Å². The van der Waals surface area contributed by atoms with E-state index in [9.17, 15) is 13.2 Å². The van der Waals surface area contributed by atoms with Gasteiger partial charge in [-0.25, -0.2) is 9.97 Å². The number of rotatable bonds is 1. The molecule has 2 fully saturated rings. The highest BCUT2D eigenvalue weighted by Gasteiger charge is 2.45. The molecule has 4 rings (SSSR count). The molecule has 148 valence electrons. The van der Waals surface area contributed by atoms with Crippen LogP contribution in [0, 0.1) is 18.8 Å². The molecule has 2 aromatic heterocycles. The summed E-state index contributed by atoms with van der Waals surface area (Å²) in [6.45, 7) is 2.00. The van der Waals surface area contributed by atoms with E-state index >= 15 is 0 Å². The number of hydrogen-bond acceptors (Lipinski definition) is 5. The first-order valence-corrected chi connectivity index (χ1v) is 9.64. The minimum absolute atomic E-state index is 0.751. The van der Waals surface area contributed by atoms with Gasteiger partial charge in [0.2, 0.25) is 0 Å². The lowest BCUT2D eigenvalue weighted by Crippen LogP contribution is -2.37. The van der Waals surface area contributed by atoms with Gasteiger partial charge >= 0.3 is 6.18 Å². The number of carboxylic acids is 1. The molecule has 0 spiro atoms. The van der Waals surface area contributed by atoms with Gasteiger partial charge in [0.25, 0.3) is 5.82 Å². The summed E-state index contributed by atoms with van der Waals surface area (Å²) in [6.07, 6.45) is 2.22. The van der Waals surface area contributed by atoms with Crippen LogP contribution in [0.15, 0.2) is 23.7 Å². The lowest BCUT2D eigenvalue weighted by molar-refractivity contribution is -0.364. The van der Waals surface area contributed by atoms with Crippen LogP contribution in [-0.4, -0.2) is 29.2 Å². The second kappa shape index (κ2) is 8.19. The molecule has 2 aliphatic heterocycles. The van der Waals surface area contributed by atoms with Crippen LogP contribution in [-0.2, 0) is 4.79 Å². The van der Waals surface area contributed by atoms with Crippen molar-refractivity contribution in [3.63, 3.8) is 0 Å². The number of nitrogens with zero attached hydrogens (tertiary/aromatic N) is 2. The first-order valence-electron chi connectivity index (χ1n) is 8.76. The van der Waals surface area contributed by atoms with E-state index in [1.54, 1.807) is 11.3 Å². The van der Waals surface area contributed by atoms with Crippen LogP contribution in [0.25, 0.3) is 0 Å². The molecule has 0 saturated carbocycles. The second-order valence-electron chi connectivity index (χ2n) is 6.62. The van der Waals surface area contributed by atoms with E-state index in [0.29, 0.717) is 0 Å². The number of fused-ring (bicyclic) bond motifs is 2. The minimum Gasteiger partial charge on any atom is -0.542 e. The number of alkyl halides is 3. The van der Waals surface area contributed by atoms with Crippen molar-refractivity contribution in [2.24, 2.45) is 0 Å². The lowest BCUT2D eigenvalue weighted by Gasteiger charge is -2.14. The Bertz CT molecular complexity index is 880. The number of anilines is 1. The summed E-state index contributed by atoms with van der Waals surface area (Å²) in [5.41, 5.74) is 1.87. The van der Waals surface area contributed by atoms with Crippen molar-refractivity contribution in [2.45, 2.75) is 50.9 Å². The molecule has 4 heterocycles. The highest BCUT2D eigenvalue weighted by Crippen LogP contribution is 2.39. The Kier molecular flexibility index (Phi) is 5.89. The number of thiazole rings is 1. The zero-order chi connectivity index (χ0) is 20.3. The monoisotopic (exact) mass is 409 g/mol. The summed E-state index contributed by atoms with van der Waals surface area (Å²) in [5.74, 6) is 4.53. The van der Waals surface area contributed by atoms with Crippen molar-refractivity contribution >= 4 is 23.1 Å². The maximum absolute atomic E-state index is 10.5. The van der Waals surface area contributed by atoms with E-state index in [1.807, 2.05) is 18.5 Å². The molecule has 0 radical (unpaired) electrons. The molecule has 0 atom stereocenters. The summed E-state index contributed by atoms with van der Waals surface area (Å²) < 4.78 is 31.5. The Hall–Kier alpha value is -2.60. The van der Waals surface area contributed by atoms with Gasteiger partial charge in [0.05, 0.1) is 22.7 Å². The van der Waals surface area contributed by atoms with Crippen LogP contribution in [0.3, 0.4) is 0 Å². The van der Waals surface area contributed by atoms with E-state index in [-0.39, 0.29) is 0 Å². The molecule has 9 heteroatoms. The van der Waals surface area contributed by atoms with Gasteiger partial charge in [-0.2, -0.15) is 13.2 Å². The third-order valence-electron chi connectivity index (χ3n) is 4.71. The van der Waals surface area contributed by atoms with Crippen LogP contribution < -0.4 is 15.0 Å². The third-order valence-corrected chi connectivity index (χ3v) is 5.49. The number of carbonyl (C=O) groups excluding carboxylic acids is 1. The van der Waals surface area contributed by atoms with E-state index in [4.69, 9.17) is 9.90 Å². The normalized spacial score (nSPS) is 20.2. The van der Waals surface area contributed by atoms with Gasteiger partial charge in [-0.05, 0) is 44.6 Å². The number of halogens is 3. The Labute approximate surface area is 164 Å². The summed E-state index contributed by atoms with van der Waals surface area (Å²) in [5, 5.41) is 11.8. The molecule has 2 saturated heterocycles. The lowest BCUT2D eigenvalue weighted by atomic mass is 10.0. The molecule has 28 heavy (non-hydrogen) atoms. The van der Waals surface area contributed by atoms with Crippen LogP contribution in [0.4, 0.5) is 19.0 Å².